The van der Waals surface area contributed by atoms with Crippen molar-refractivity contribution in [3.05, 3.63) is 11.5 Å². The summed E-state index contributed by atoms with van der Waals surface area (Å²) in [5.74, 6) is 0.740. The fourth-order valence-electron chi connectivity index (χ4n) is 1.63. The zero-order valence-corrected chi connectivity index (χ0v) is 11.4. The van der Waals surface area contributed by atoms with Gasteiger partial charge in [0.05, 0.1) is 0 Å². The summed E-state index contributed by atoms with van der Waals surface area (Å²) in [5.41, 5.74) is 15.0. The van der Waals surface area contributed by atoms with Crippen LogP contribution in [0.2, 0.25) is 0 Å². The number of halogens is 2. The zero-order valence-electron chi connectivity index (χ0n) is 7.63. The molecule has 0 bridgehead atoms. The van der Waals surface area contributed by atoms with Crippen LogP contribution in [0, 0.1) is 5.92 Å². The van der Waals surface area contributed by atoms with E-state index in [1.165, 1.54) is 12.8 Å². The van der Waals surface area contributed by atoms with Crippen molar-refractivity contribution >= 4 is 18.8 Å². The average Bonchev–Trinajstić information content (AvgIpc) is 2.11. The molecule has 5 heteroatoms. The molecule has 0 heterocycles. The van der Waals surface area contributed by atoms with Crippen molar-refractivity contribution in [3.63, 3.8) is 0 Å². The molecule has 0 saturated heterocycles. The predicted octanol–water partition coefficient (Wildman–Crippen LogP) is 4.41. The second-order valence-electron chi connectivity index (χ2n) is 3.35. The van der Waals surface area contributed by atoms with E-state index in [1.807, 2.05) is 0 Å². The van der Waals surface area contributed by atoms with Crippen molar-refractivity contribution < 1.29 is 16.5 Å². The van der Waals surface area contributed by atoms with Gasteiger partial charge in [0.25, 0.3) is 0 Å². The molecular weight excluding hydrogens is 390 g/mol. The van der Waals surface area contributed by atoms with Crippen molar-refractivity contribution in [2.24, 2.45) is 5.92 Å². The Kier molecular flexibility index (Phi) is 9.27. The fourth-order valence-corrected chi connectivity index (χ4v) is 1.63. The van der Waals surface area contributed by atoms with E-state index in [2.05, 4.69) is 6.92 Å². The first kappa shape index (κ1) is 14.2. The van der Waals surface area contributed by atoms with Gasteiger partial charge >= 0.3 is 35.3 Å². The molecule has 82 valence electrons. The van der Waals surface area contributed by atoms with Gasteiger partial charge in [-0.05, 0) is 5.92 Å². The molecule has 1 aliphatic rings. The van der Waals surface area contributed by atoms with Gasteiger partial charge in [-0.2, -0.15) is 12.1 Å². The van der Waals surface area contributed by atoms with E-state index in [4.69, 9.17) is 30.3 Å². The molecule has 2 nitrogen and oxygen atoms in total. The number of hydrogen-bond acceptors (Lipinski definition) is 0. The molecule has 3 atom stereocenters. The van der Waals surface area contributed by atoms with E-state index >= 15 is 0 Å². The maximum absolute atomic E-state index is 7.52. The summed E-state index contributed by atoms with van der Waals surface area (Å²) in [6.45, 7) is 2.18. The molecule has 1 aliphatic carbocycles. The monoisotopic (exact) mass is 405 g/mol. The molecule has 13 heavy (non-hydrogen) atoms. The Labute approximate surface area is 97.1 Å². The van der Waals surface area contributed by atoms with E-state index in [0.717, 1.165) is 18.8 Å². The van der Waals surface area contributed by atoms with E-state index < -0.39 is 16.5 Å². The molecule has 0 aromatic rings. The van der Waals surface area contributed by atoms with Crippen LogP contribution in [0.25, 0.3) is 11.5 Å². The summed E-state index contributed by atoms with van der Waals surface area (Å²) in [7, 11) is 9.75. The summed E-state index contributed by atoms with van der Waals surface area (Å²) >= 11 is -0.472. The number of hydrogen-bond donors (Lipinski definition) is 0. The SMILES string of the molecule is CCC1CCC([NH-])C([NH-])C1.[Cl][Pt+2][Cl]. The van der Waals surface area contributed by atoms with Crippen LogP contribution in [0.3, 0.4) is 0 Å². The summed E-state index contributed by atoms with van der Waals surface area (Å²) in [6.07, 6.45) is 4.29. The van der Waals surface area contributed by atoms with E-state index in [0.29, 0.717) is 0 Å². The first-order valence-electron chi connectivity index (χ1n) is 4.40. The molecule has 0 radical (unpaired) electrons. The number of nitrogens with one attached hydrogen (secondary N) is 2. The summed E-state index contributed by atoms with van der Waals surface area (Å²) < 4.78 is 0. The molecule has 0 aromatic carbocycles. The Bertz CT molecular complexity index is 127. The van der Waals surface area contributed by atoms with Crippen LogP contribution in [0.4, 0.5) is 0 Å². The van der Waals surface area contributed by atoms with E-state index in [1.54, 1.807) is 0 Å². The molecule has 1 fully saturated rings. The Morgan fingerprint density at radius 3 is 2.15 bits per heavy atom. The van der Waals surface area contributed by atoms with Gasteiger partial charge in [-0.3, -0.25) is 0 Å². The van der Waals surface area contributed by atoms with Crippen LogP contribution < -0.4 is 0 Å². The van der Waals surface area contributed by atoms with Crippen LogP contribution in [-0.4, -0.2) is 12.1 Å². The molecule has 0 aliphatic heterocycles. The first-order valence-corrected chi connectivity index (χ1v) is 10.0. The van der Waals surface area contributed by atoms with Crippen LogP contribution in [0.1, 0.15) is 32.6 Å². The predicted molar refractivity (Wildman–Crippen MR) is 55.6 cm³/mol. The second-order valence-corrected chi connectivity index (χ2v) is 6.63. The molecule has 1 saturated carbocycles. The second kappa shape index (κ2) is 8.49. The Hall–Kier alpha value is 1.19. The molecule has 0 aromatic heterocycles. The Morgan fingerprint density at radius 1 is 1.23 bits per heavy atom. The zero-order chi connectivity index (χ0) is 10.3. The Morgan fingerprint density at radius 2 is 1.77 bits per heavy atom. The van der Waals surface area contributed by atoms with Gasteiger partial charge in [0.15, 0.2) is 0 Å². The molecular formula is C8H16Cl2N2Pt. The third-order valence-electron chi connectivity index (χ3n) is 2.54. The summed E-state index contributed by atoms with van der Waals surface area (Å²) in [6, 6.07) is -0.193. The van der Waals surface area contributed by atoms with Crippen LogP contribution in [-0.2, 0) is 16.5 Å². The van der Waals surface area contributed by atoms with Gasteiger partial charge in [0.1, 0.15) is 0 Å². The van der Waals surface area contributed by atoms with Crippen LogP contribution in [0.15, 0.2) is 0 Å². The quantitative estimate of drug-likeness (QED) is 0.620. The van der Waals surface area contributed by atoms with E-state index in [9.17, 15) is 0 Å². The third-order valence-corrected chi connectivity index (χ3v) is 2.54. The summed E-state index contributed by atoms with van der Waals surface area (Å²) in [5, 5.41) is 0. The van der Waals surface area contributed by atoms with Gasteiger partial charge in [0.2, 0.25) is 0 Å². The molecule has 3 unspecified atom stereocenters. The van der Waals surface area contributed by atoms with Crippen LogP contribution >= 0.6 is 18.8 Å². The Balaban J connectivity index is 0.000000424. The van der Waals surface area contributed by atoms with Gasteiger partial charge in [-0.15, -0.1) is 0 Å². The van der Waals surface area contributed by atoms with E-state index in [-0.39, 0.29) is 12.1 Å². The first-order chi connectivity index (χ1) is 6.15. The topological polar surface area (TPSA) is 47.6 Å². The van der Waals surface area contributed by atoms with Gasteiger partial charge in [-0.1, -0.05) is 32.6 Å². The van der Waals surface area contributed by atoms with Crippen molar-refractivity contribution in [2.45, 2.75) is 44.7 Å². The van der Waals surface area contributed by atoms with Crippen molar-refractivity contribution in [2.75, 3.05) is 0 Å². The maximum atomic E-state index is 7.52. The van der Waals surface area contributed by atoms with Crippen molar-refractivity contribution in [3.8, 4) is 0 Å². The standard InChI is InChI=1S/C8H16N2.2ClH.Pt/c1-2-6-3-4-7(9)8(10)5-6;;;/h6-10H,2-5H2,1H3;2*1H;/q-2;;;+4/p-2. The molecule has 2 N–H and O–H groups in total. The minimum atomic E-state index is -0.472. The third kappa shape index (κ3) is 6.30. The van der Waals surface area contributed by atoms with Gasteiger partial charge in [0, 0.05) is 0 Å². The van der Waals surface area contributed by atoms with Crippen LogP contribution in [0.5, 0.6) is 0 Å². The van der Waals surface area contributed by atoms with Gasteiger partial charge < -0.3 is 11.5 Å². The molecule has 0 spiro atoms. The van der Waals surface area contributed by atoms with Gasteiger partial charge in [-0.25, -0.2) is 0 Å². The van der Waals surface area contributed by atoms with Crippen molar-refractivity contribution in [1.82, 2.24) is 0 Å². The summed E-state index contributed by atoms with van der Waals surface area (Å²) in [4.78, 5) is 0. The molecule has 0 amide bonds. The van der Waals surface area contributed by atoms with Crippen molar-refractivity contribution in [1.29, 1.82) is 0 Å². The minimum absolute atomic E-state index is 0.0946. The normalized spacial score (nSPS) is 33.8. The number of rotatable bonds is 1. The average molecular weight is 406 g/mol. The molecule has 1 rings (SSSR count). The fraction of sp³-hybridized carbons (Fsp3) is 1.00.